The Kier molecular flexibility index (Phi) is 5.62. The zero-order chi connectivity index (χ0) is 17.7. The summed E-state index contributed by atoms with van der Waals surface area (Å²) in [6, 6.07) is 7.91. The maximum Gasteiger partial charge on any atom is 0.293 e. The van der Waals surface area contributed by atoms with Crippen LogP contribution in [0.25, 0.3) is 10.9 Å². The van der Waals surface area contributed by atoms with Crippen LogP contribution in [0.3, 0.4) is 0 Å². The maximum atomic E-state index is 10.7. The van der Waals surface area contributed by atoms with Crippen molar-refractivity contribution in [2.75, 3.05) is 19.0 Å². The highest BCUT2D eigenvalue weighted by atomic mass is 16.5. The second-order valence-electron chi connectivity index (χ2n) is 6.71. The summed E-state index contributed by atoms with van der Waals surface area (Å²) in [4.78, 5) is 21.1. The van der Waals surface area contributed by atoms with E-state index in [2.05, 4.69) is 36.7 Å². The number of anilines is 1. The van der Waals surface area contributed by atoms with E-state index in [1.54, 1.807) is 7.11 Å². The van der Waals surface area contributed by atoms with E-state index in [0.717, 1.165) is 22.3 Å². The van der Waals surface area contributed by atoms with Crippen LogP contribution in [0.5, 0.6) is 0 Å². The van der Waals surface area contributed by atoms with Crippen molar-refractivity contribution >= 4 is 29.5 Å². The molecule has 2 aromatic rings. The summed E-state index contributed by atoms with van der Waals surface area (Å²) in [5.41, 5.74) is 2.88. The SMILES string of the molecule is COC(COC=O)Cn1c(C(C)(C)C)cc2cc(NC=O)ccc21. The lowest BCUT2D eigenvalue weighted by Gasteiger charge is -2.24. The zero-order valence-corrected chi connectivity index (χ0v) is 14.5. The summed E-state index contributed by atoms with van der Waals surface area (Å²) in [5, 5.41) is 3.71. The number of nitrogens with one attached hydrogen (secondary N) is 1. The third-order valence-corrected chi connectivity index (χ3v) is 3.97. The third-order valence-electron chi connectivity index (χ3n) is 3.97. The smallest absolute Gasteiger partial charge is 0.293 e. The Morgan fingerprint density at radius 2 is 2.00 bits per heavy atom. The van der Waals surface area contributed by atoms with Gasteiger partial charge in [-0.2, -0.15) is 0 Å². The number of hydrogen-bond acceptors (Lipinski definition) is 4. The molecule has 2 rings (SSSR count). The molecule has 1 N–H and O–H groups in total. The monoisotopic (exact) mass is 332 g/mol. The number of benzene rings is 1. The van der Waals surface area contributed by atoms with Gasteiger partial charge in [0.15, 0.2) is 0 Å². The molecule has 0 spiro atoms. The predicted molar refractivity (Wildman–Crippen MR) is 93.1 cm³/mol. The summed E-state index contributed by atoms with van der Waals surface area (Å²) >= 11 is 0. The van der Waals surface area contributed by atoms with Gasteiger partial charge in [-0.1, -0.05) is 20.8 Å². The fourth-order valence-corrected chi connectivity index (χ4v) is 2.79. The molecule has 0 aliphatic rings. The molecule has 0 bridgehead atoms. The lowest BCUT2D eigenvalue weighted by atomic mass is 9.92. The Bertz CT molecular complexity index is 716. The van der Waals surface area contributed by atoms with Gasteiger partial charge >= 0.3 is 0 Å². The van der Waals surface area contributed by atoms with E-state index in [1.165, 1.54) is 0 Å². The number of carbonyl (C=O) groups excluding carboxylic acids is 2. The first-order valence-electron chi connectivity index (χ1n) is 7.82. The lowest BCUT2D eigenvalue weighted by Crippen LogP contribution is -2.27. The first-order chi connectivity index (χ1) is 11.4. The van der Waals surface area contributed by atoms with Gasteiger partial charge in [0, 0.05) is 34.8 Å². The highest BCUT2D eigenvalue weighted by Gasteiger charge is 2.23. The number of ether oxygens (including phenoxy) is 2. The van der Waals surface area contributed by atoms with Crippen LogP contribution in [-0.2, 0) is 31.0 Å². The zero-order valence-electron chi connectivity index (χ0n) is 14.5. The second-order valence-corrected chi connectivity index (χ2v) is 6.71. The number of carbonyl (C=O) groups is 2. The van der Waals surface area contributed by atoms with Gasteiger partial charge in [-0.3, -0.25) is 9.59 Å². The number of fused-ring (bicyclic) bond motifs is 1. The summed E-state index contributed by atoms with van der Waals surface area (Å²) in [6.45, 7) is 7.64. The molecule has 130 valence electrons. The van der Waals surface area contributed by atoms with E-state index in [4.69, 9.17) is 9.47 Å². The molecule has 1 aromatic carbocycles. The van der Waals surface area contributed by atoms with Gasteiger partial charge < -0.3 is 19.4 Å². The summed E-state index contributed by atoms with van der Waals surface area (Å²) in [7, 11) is 1.60. The van der Waals surface area contributed by atoms with Gasteiger partial charge in [0.05, 0.1) is 6.54 Å². The molecule has 1 atom stereocenters. The molecule has 0 aliphatic carbocycles. The largest absolute Gasteiger partial charge is 0.465 e. The highest BCUT2D eigenvalue weighted by molar-refractivity contribution is 5.87. The Labute approximate surface area is 141 Å². The topological polar surface area (TPSA) is 69.6 Å². The fourth-order valence-electron chi connectivity index (χ4n) is 2.79. The average Bonchev–Trinajstić information content (AvgIpc) is 2.89. The van der Waals surface area contributed by atoms with Crippen molar-refractivity contribution in [2.45, 2.75) is 38.8 Å². The van der Waals surface area contributed by atoms with E-state index in [1.807, 2.05) is 18.2 Å². The molecule has 1 unspecified atom stereocenters. The molecular formula is C18H24N2O4. The lowest BCUT2D eigenvalue weighted by molar-refractivity contribution is -0.132. The summed E-state index contributed by atoms with van der Waals surface area (Å²) < 4.78 is 12.5. The molecule has 0 saturated carbocycles. The van der Waals surface area contributed by atoms with E-state index in [-0.39, 0.29) is 18.1 Å². The Hall–Kier alpha value is -2.34. The first-order valence-corrected chi connectivity index (χ1v) is 7.82. The minimum Gasteiger partial charge on any atom is -0.465 e. The molecule has 6 nitrogen and oxygen atoms in total. The number of amides is 1. The van der Waals surface area contributed by atoms with Crippen LogP contribution < -0.4 is 5.32 Å². The van der Waals surface area contributed by atoms with Crippen molar-refractivity contribution < 1.29 is 19.1 Å². The van der Waals surface area contributed by atoms with Crippen molar-refractivity contribution in [3.05, 3.63) is 30.0 Å². The Morgan fingerprint density at radius 1 is 1.25 bits per heavy atom. The van der Waals surface area contributed by atoms with Crippen molar-refractivity contribution in [3.63, 3.8) is 0 Å². The van der Waals surface area contributed by atoms with Crippen LogP contribution in [0.2, 0.25) is 0 Å². The molecule has 6 heteroatoms. The molecule has 1 amide bonds. The summed E-state index contributed by atoms with van der Waals surface area (Å²) in [6.07, 6.45) is 0.431. The highest BCUT2D eigenvalue weighted by Crippen LogP contribution is 2.31. The van der Waals surface area contributed by atoms with Crippen LogP contribution in [0.1, 0.15) is 26.5 Å². The Morgan fingerprint density at radius 3 is 2.58 bits per heavy atom. The average molecular weight is 332 g/mol. The molecular weight excluding hydrogens is 308 g/mol. The molecule has 0 radical (unpaired) electrons. The van der Waals surface area contributed by atoms with Crippen LogP contribution in [0.15, 0.2) is 24.3 Å². The van der Waals surface area contributed by atoms with Gasteiger partial charge in [-0.25, -0.2) is 0 Å². The van der Waals surface area contributed by atoms with Crippen molar-refractivity contribution in [3.8, 4) is 0 Å². The van der Waals surface area contributed by atoms with Gasteiger partial charge in [-0.15, -0.1) is 0 Å². The standard InChI is InChI=1S/C18H24N2O4/c1-18(2,3)17-8-13-7-14(19-11-21)5-6-16(13)20(17)9-15(23-4)10-24-12-22/h5-8,11-12,15H,9-10H2,1-4H3,(H,19,21). The number of methoxy groups -OCH3 is 1. The number of rotatable bonds is 8. The molecule has 1 aromatic heterocycles. The van der Waals surface area contributed by atoms with Crippen LogP contribution in [0.4, 0.5) is 5.69 Å². The van der Waals surface area contributed by atoms with E-state index in [0.29, 0.717) is 19.4 Å². The Balaban J connectivity index is 2.47. The molecule has 0 aliphatic heterocycles. The van der Waals surface area contributed by atoms with Gasteiger partial charge in [0.25, 0.3) is 6.47 Å². The van der Waals surface area contributed by atoms with E-state index in [9.17, 15) is 9.59 Å². The first kappa shape index (κ1) is 18.0. The number of aromatic nitrogens is 1. The molecule has 0 fully saturated rings. The molecule has 0 saturated heterocycles. The van der Waals surface area contributed by atoms with Crippen molar-refractivity contribution in [1.29, 1.82) is 0 Å². The molecule has 24 heavy (non-hydrogen) atoms. The summed E-state index contributed by atoms with van der Waals surface area (Å²) in [5.74, 6) is 0. The van der Waals surface area contributed by atoms with Gasteiger partial charge in [0.2, 0.25) is 6.41 Å². The number of nitrogens with zero attached hydrogens (tertiary/aromatic N) is 1. The maximum absolute atomic E-state index is 10.7. The van der Waals surface area contributed by atoms with Crippen LogP contribution in [0, 0.1) is 0 Å². The van der Waals surface area contributed by atoms with E-state index < -0.39 is 0 Å². The van der Waals surface area contributed by atoms with Crippen molar-refractivity contribution in [1.82, 2.24) is 4.57 Å². The quantitative estimate of drug-likeness (QED) is 0.755. The second kappa shape index (κ2) is 7.49. The van der Waals surface area contributed by atoms with Crippen LogP contribution in [-0.4, -0.2) is 37.3 Å². The van der Waals surface area contributed by atoms with Gasteiger partial charge in [0.1, 0.15) is 12.7 Å². The molecule has 1 heterocycles. The van der Waals surface area contributed by atoms with Gasteiger partial charge in [-0.05, 0) is 24.3 Å². The predicted octanol–water partition coefficient (Wildman–Crippen LogP) is 2.70. The van der Waals surface area contributed by atoms with Crippen molar-refractivity contribution in [2.24, 2.45) is 0 Å². The number of hydrogen-bond donors (Lipinski definition) is 1. The minimum atomic E-state index is -0.236. The van der Waals surface area contributed by atoms with E-state index >= 15 is 0 Å². The third kappa shape index (κ3) is 3.94. The minimum absolute atomic E-state index is 0.0684. The fraction of sp³-hybridized carbons (Fsp3) is 0.444. The normalized spacial score (nSPS) is 12.8. The van der Waals surface area contributed by atoms with Crippen LogP contribution >= 0.6 is 0 Å².